The predicted molar refractivity (Wildman–Crippen MR) is 306 cm³/mol. The molecular formula is C64H75BClF2O8. The van der Waals surface area contributed by atoms with Crippen molar-refractivity contribution in [2.75, 3.05) is 27.4 Å². The number of benzene rings is 6. The van der Waals surface area contributed by atoms with Crippen molar-refractivity contribution in [1.29, 1.82) is 0 Å². The zero-order chi connectivity index (χ0) is 55.3. The van der Waals surface area contributed by atoms with Gasteiger partial charge in [0, 0.05) is 37.3 Å². The Kier molecular flexibility index (Phi) is 25.6. The van der Waals surface area contributed by atoms with Gasteiger partial charge in [0.05, 0.1) is 40.3 Å². The summed E-state index contributed by atoms with van der Waals surface area (Å²) in [4.78, 5) is 23.5. The van der Waals surface area contributed by atoms with E-state index < -0.39 is 0 Å². The van der Waals surface area contributed by atoms with Gasteiger partial charge in [0.15, 0.2) is 0 Å². The van der Waals surface area contributed by atoms with Crippen LogP contribution in [0.15, 0.2) is 146 Å². The van der Waals surface area contributed by atoms with Crippen LogP contribution in [0.2, 0.25) is 0 Å². The first kappa shape index (κ1) is 63.4. The molecular weight excluding hydrogens is 981 g/mol. The van der Waals surface area contributed by atoms with E-state index in [0.29, 0.717) is 66.9 Å². The Hall–Kier alpha value is -6.85. The Morgan fingerprint density at radius 2 is 0.961 bits per heavy atom. The molecule has 0 amide bonds. The first-order chi connectivity index (χ1) is 35.7. The molecule has 0 aliphatic rings. The number of esters is 2. The predicted octanol–water partition coefficient (Wildman–Crippen LogP) is 16.2. The van der Waals surface area contributed by atoms with Gasteiger partial charge in [-0.15, -0.1) is 11.6 Å². The Bertz CT molecular complexity index is 2830. The molecule has 3 radical (unpaired) electrons. The molecule has 6 rings (SSSR count). The molecule has 1 N–H and O–H groups in total. The smallest absolute Gasteiger partial charge is 0.306 e. The Balaban J connectivity index is 0.000000329. The minimum Gasteiger partial charge on any atom is -0.508 e. The number of aromatic hydroxyl groups is 1. The van der Waals surface area contributed by atoms with Crippen LogP contribution in [0.4, 0.5) is 8.78 Å². The minimum atomic E-state index is -0.293. The van der Waals surface area contributed by atoms with E-state index in [1.165, 1.54) is 12.1 Å². The molecule has 403 valence electrons. The Morgan fingerprint density at radius 3 is 1.34 bits per heavy atom. The van der Waals surface area contributed by atoms with Crippen molar-refractivity contribution in [3.8, 4) is 45.3 Å². The molecule has 0 spiro atoms. The average molecular weight is 1060 g/mol. The van der Waals surface area contributed by atoms with E-state index in [1.54, 1.807) is 57.5 Å². The van der Waals surface area contributed by atoms with Crippen LogP contribution in [0.1, 0.15) is 127 Å². The summed E-state index contributed by atoms with van der Waals surface area (Å²) in [6.45, 7) is 21.3. The van der Waals surface area contributed by atoms with Crippen LogP contribution in [0.3, 0.4) is 0 Å². The molecule has 8 nitrogen and oxygen atoms in total. The third-order valence-electron chi connectivity index (χ3n) is 12.1. The van der Waals surface area contributed by atoms with Crippen molar-refractivity contribution in [2.24, 2.45) is 0 Å². The number of methoxy groups -OCH3 is 2. The number of hydrogen-bond acceptors (Lipinski definition) is 8. The lowest BCUT2D eigenvalue weighted by Crippen LogP contribution is -2.13. The van der Waals surface area contributed by atoms with Crippen LogP contribution >= 0.6 is 11.6 Å². The maximum Gasteiger partial charge on any atom is 0.306 e. The van der Waals surface area contributed by atoms with Crippen LogP contribution in [0, 0.1) is 11.6 Å². The van der Waals surface area contributed by atoms with E-state index >= 15 is 0 Å². The highest BCUT2D eigenvalue weighted by molar-refractivity contribution is 6.17. The summed E-state index contributed by atoms with van der Waals surface area (Å²) >= 11 is 5.93. The van der Waals surface area contributed by atoms with Crippen molar-refractivity contribution in [3.05, 3.63) is 191 Å². The van der Waals surface area contributed by atoms with Crippen molar-refractivity contribution >= 4 is 32.0 Å². The number of carbonyl (C=O) groups is 2. The fourth-order valence-corrected chi connectivity index (χ4v) is 8.51. The molecule has 0 fully saturated rings. The summed E-state index contributed by atoms with van der Waals surface area (Å²) in [7, 11) is 3.16. The summed E-state index contributed by atoms with van der Waals surface area (Å²) in [6, 6.07) is 36.3. The van der Waals surface area contributed by atoms with E-state index in [-0.39, 0.29) is 60.4 Å². The molecule has 0 aromatic heterocycles. The van der Waals surface area contributed by atoms with Crippen LogP contribution in [-0.4, -0.2) is 52.9 Å². The van der Waals surface area contributed by atoms with E-state index in [9.17, 15) is 23.5 Å². The second-order valence-corrected chi connectivity index (χ2v) is 20.1. The molecule has 6 aromatic carbocycles. The monoisotopic (exact) mass is 1060 g/mol. The number of hydrogen-bond donors (Lipinski definition) is 1. The number of ether oxygens (including phenoxy) is 5. The molecule has 6 aromatic rings. The number of alkyl halides is 1. The molecule has 0 bridgehead atoms. The first-order valence-corrected chi connectivity index (χ1v) is 25.8. The molecule has 2 atom stereocenters. The Labute approximate surface area is 457 Å². The van der Waals surface area contributed by atoms with Gasteiger partial charge in [-0.25, -0.2) is 8.78 Å². The maximum absolute atomic E-state index is 14.9. The molecule has 0 aliphatic carbocycles. The fourth-order valence-electron chi connectivity index (χ4n) is 8.34. The van der Waals surface area contributed by atoms with Crippen molar-refractivity contribution in [1.82, 2.24) is 0 Å². The molecule has 0 heterocycles. The lowest BCUT2D eigenvalue weighted by atomic mass is 9.81. The largest absolute Gasteiger partial charge is 0.508 e. The summed E-state index contributed by atoms with van der Waals surface area (Å²) in [5.74, 6) is 1.58. The lowest BCUT2D eigenvalue weighted by Gasteiger charge is -2.24. The molecule has 12 heteroatoms. The van der Waals surface area contributed by atoms with Crippen LogP contribution < -0.4 is 14.2 Å². The average Bonchev–Trinajstić information content (AvgIpc) is 3.38. The van der Waals surface area contributed by atoms with Crippen molar-refractivity contribution in [3.63, 3.8) is 0 Å². The van der Waals surface area contributed by atoms with Gasteiger partial charge in [-0.05, 0) is 156 Å². The normalized spacial score (nSPS) is 12.0. The molecule has 0 saturated carbocycles. The number of rotatable bonds is 18. The third kappa shape index (κ3) is 19.1. The number of phenolic OH excluding ortho intramolecular Hbond substituents is 1. The van der Waals surface area contributed by atoms with E-state index in [0.717, 1.165) is 44.5 Å². The molecule has 0 aliphatic heterocycles. The second-order valence-electron chi connectivity index (χ2n) is 19.8. The van der Waals surface area contributed by atoms with E-state index in [2.05, 4.69) is 41.5 Å². The molecule has 0 unspecified atom stereocenters. The standard InChI is InChI=1S/C32H37FO4.C18H20ClFO.C14H18O3.B/c1-7-9-24(19-31(34)36-8-2)23-11-13-25(14-12-23)37-21-22-10-16-29(32(3,4)5)27(18-22)28-20-26(35-6)15-17-30(28)33;1-18(2,3)16-7-5-12(11-19)9-14(16)15-10-13(21-4)6-8-17(15)20;1-3-5-12(10-14(16)17-4-2)11-6-8-13(15)9-7-11;/h7,9-18,20,24H,8,19,21H2,1-6H3;5-10H,11H2,1-4H3;3,5-9,12,15H,4,10H2,1-2H3;/b9-7+;;5-3+;/t24-;;12-;/m1.1./s1. The van der Waals surface area contributed by atoms with Gasteiger partial charge in [-0.2, -0.15) is 0 Å². The second kappa shape index (κ2) is 30.6. The van der Waals surface area contributed by atoms with Crippen molar-refractivity contribution < 1.29 is 47.2 Å². The van der Waals surface area contributed by atoms with E-state index in [1.807, 2.05) is 118 Å². The van der Waals surface area contributed by atoms with Gasteiger partial charge in [-0.1, -0.05) is 114 Å². The number of carbonyl (C=O) groups excluding carboxylic acids is 2. The van der Waals surface area contributed by atoms with E-state index in [4.69, 9.17) is 35.3 Å². The van der Waals surface area contributed by atoms with Gasteiger partial charge >= 0.3 is 11.9 Å². The summed E-state index contributed by atoms with van der Waals surface area (Å²) in [5, 5.41) is 9.22. The maximum atomic E-state index is 14.9. The third-order valence-corrected chi connectivity index (χ3v) is 12.4. The van der Waals surface area contributed by atoms with Crippen molar-refractivity contribution in [2.45, 2.75) is 117 Å². The van der Waals surface area contributed by atoms with Gasteiger partial charge in [0.2, 0.25) is 0 Å². The van der Waals surface area contributed by atoms with Crippen LogP contribution in [-0.2, 0) is 42.4 Å². The highest BCUT2D eigenvalue weighted by Crippen LogP contribution is 2.39. The van der Waals surface area contributed by atoms with Crippen LogP contribution in [0.5, 0.6) is 23.0 Å². The van der Waals surface area contributed by atoms with Gasteiger partial charge in [-0.3, -0.25) is 9.59 Å². The highest BCUT2D eigenvalue weighted by Gasteiger charge is 2.23. The minimum absolute atomic E-state index is 0. The quantitative estimate of drug-likeness (QED) is 0.0393. The number of phenols is 1. The van der Waals surface area contributed by atoms with Gasteiger partial charge in [0.25, 0.3) is 0 Å². The zero-order valence-electron chi connectivity index (χ0n) is 46.3. The topological polar surface area (TPSA) is 101 Å². The Morgan fingerprint density at radius 1 is 0.566 bits per heavy atom. The summed E-state index contributed by atoms with van der Waals surface area (Å²) in [5.41, 5.74) is 8.54. The van der Waals surface area contributed by atoms with Gasteiger partial charge in [0.1, 0.15) is 41.2 Å². The summed E-state index contributed by atoms with van der Waals surface area (Å²) in [6.07, 6.45) is 8.44. The first-order valence-electron chi connectivity index (χ1n) is 25.3. The van der Waals surface area contributed by atoms with Crippen LogP contribution in [0.25, 0.3) is 22.3 Å². The SMILES string of the molecule is C/C=C/[C@H](CC(=O)OCC)c1ccc(O)cc1.C/C=C/[C@H](CC(=O)OCC)c1ccc(OCc2ccc(C(C)(C)C)c(-c3cc(OC)ccc3F)c2)cc1.COc1ccc(F)c(-c2cc(CCl)ccc2C(C)(C)C)c1.[B]. The molecule has 0 saturated heterocycles. The zero-order valence-corrected chi connectivity index (χ0v) is 47.0. The lowest BCUT2D eigenvalue weighted by molar-refractivity contribution is -0.144. The highest BCUT2D eigenvalue weighted by atomic mass is 35.5. The number of halogens is 3. The summed E-state index contributed by atoms with van der Waals surface area (Å²) < 4.78 is 55.9. The van der Waals surface area contributed by atoms with Gasteiger partial charge < -0.3 is 28.8 Å². The molecule has 76 heavy (non-hydrogen) atoms. The fraction of sp³-hybridized carbons (Fsp3) is 0.344. The number of allylic oxidation sites excluding steroid dienone is 4.